The molecule has 20 heavy (non-hydrogen) atoms. The fraction of sp³-hybridized carbons (Fsp3) is 0.231. The van der Waals surface area contributed by atoms with Gasteiger partial charge in [-0.2, -0.15) is 10.4 Å². The fourth-order valence-corrected chi connectivity index (χ4v) is 2.69. The van der Waals surface area contributed by atoms with Gasteiger partial charge in [-0.05, 0) is 24.6 Å². The molecule has 104 valence electrons. The van der Waals surface area contributed by atoms with E-state index in [0.29, 0.717) is 0 Å². The minimum absolute atomic E-state index is 0.181. The van der Waals surface area contributed by atoms with Crippen LogP contribution in [0.25, 0.3) is 0 Å². The topological polar surface area (TPSA) is 98.6 Å². The molecular weight excluding hydrogens is 276 g/mol. The van der Waals surface area contributed by atoms with Crippen LogP contribution in [-0.4, -0.2) is 18.6 Å². The molecule has 0 aliphatic rings. The molecule has 0 saturated heterocycles. The summed E-state index contributed by atoms with van der Waals surface area (Å²) in [5.74, 6) is 0. The summed E-state index contributed by atoms with van der Waals surface area (Å²) in [6.45, 7) is 2.01. The Balaban J connectivity index is 2.10. The normalized spacial score (nSPS) is 11.2. The Bertz CT molecular complexity index is 726. The van der Waals surface area contributed by atoms with Crippen LogP contribution in [0.4, 0.5) is 0 Å². The van der Waals surface area contributed by atoms with Gasteiger partial charge in [0.25, 0.3) is 0 Å². The van der Waals surface area contributed by atoms with Crippen molar-refractivity contribution in [3.8, 4) is 6.07 Å². The standard InChI is InChI=1S/C13H14N4O2S/c1-10-12(8-15-17-10)9-16-20(18,19)13-4-2-11(3-5-13)6-7-14/h2-5,8,16H,6,9H2,1H3,(H,15,17). The lowest BCUT2D eigenvalue weighted by molar-refractivity contribution is 0.581. The molecule has 2 rings (SSSR count). The second-order valence-corrected chi connectivity index (χ2v) is 6.09. The molecule has 2 aromatic rings. The average Bonchev–Trinajstić information content (AvgIpc) is 2.83. The van der Waals surface area contributed by atoms with Crippen molar-refractivity contribution >= 4 is 10.0 Å². The van der Waals surface area contributed by atoms with Crippen LogP contribution in [0, 0.1) is 18.3 Å². The van der Waals surface area contributed by atoms with Crippen molar-refractivity contribution < 1.29 is 8.42 Å². The van der Waals surface area contributed by atoms with Crippen molar-refractivity contribution in [2.24, 2.45) is 0 Å². The van der Waals surface area contributed by atoms with Gasteiger partial charge in [-0.3, -0.25) is 5.10 Å². The summed E-state index contributed by atoms with van der Waals surface area (Å²) in [7, 11) is -3.56. The van der Waals surface area contributed by atoms with Crippen LogP contribution in [0.15, 0.2) is 35.4 Å². The number of aromatic nitrogens is 2. The molecule has 0 atom stereocenters. The number of nitrogens with zero attached hydrogens (tertiary/aromatic N) is 2. The molecule has 7 heteroatoms. The van der Waals surface area contributed by atoms with E-state index in [-0.39, 0.29) is 17.9 Å². The zero-order chi connectivity index (χ0) is 14.6. The Morgan fingerprint density at radius 3 is 2.60 bits per heavy atom. The summed E-state index contributed by atoms with van der Waals surface area (Å²) in [6.07, 6.45) is 1.86. The Kier molecular flexibility index (Phi) is 4.17. The largest absolute Gasteiger partial charge is 0.283 e. The van der Waals surface area contributed by atoms with Gasteiger partial charge in [-0.1, -0.05) is 12.1 Å². The highest BCUT2D eigenvalue weighted by molar-refractivity contribution is 7.89. The molecule has 1 heterocycles. The van der Waals surface area contributed by atoms with Gasteiger partial charge in [-0.25, -0.2) is 13.1 Å². The molecule has 2 N–H and O–H groups in total. The van der Waals surface area contributed by atoms with Crippen molar-refractivity contribution in [2.75, 3.05) is 0 Å². The highest BCUT2D eigenvalue weighted by Crippen LogP contribution is 2.12. The summed E-state index contributed by atoms with van der Waals surface area (Å²) in [5.41, 5.74) is 2.42. The highest BCUT2D eigenvalue weighted by atomic mass is 32.2. The Labute approximate surface area is 117 Å². The molecule has 0 spiro atoms. The summed E-state index contributed by atoms with van der Waals surface area (Å²) in [5, 5.41) is 15.2. The van der Waals surface area contributed by atoms with Crippen molar-refractivity contribution in [1.29, 1.82) is 5.26 Å². The number of hydrogen-bond donors (Lipinski definition) is 2. The molecule has 0 aliphatic heterocycles. The van der Waals surface area contributed by atoms with Gasteiger partial charge in [0, 0.05) is 17.8 Å². The Hall–Kier alpha value is -2.17. The van der Waals surface area contributed by atoms with E-state index in [2.05, 4.69) is 14.9 Å². The van der Waals surface area contributed by atoms with E-state index in [1.165, 1.54) is 12.1 Å². The number of sulfonamides is 1. The van der Waals surface area contributed by atoms with E-state index < -0.39 is 10.0 Å². The van der Waals surface area contributed by atoms with Crippen molar-refractivity contribution in [2.45, 2.75) is 24.8 Å². The molecule has 6 nitrogen and oxygen atoms in total. The number of aromatic amines is 1. The molecule has 0 aliphatic carbocycles. The zero-order valence-corrected chi connectivity index (χ0v) is 11.7. The van der Waals surface area contributed by atoms with Crippen LogP contribution in [0.1, 0.15) is 16.8 Å². The summed E-state index contributed by atoms with van der Waals surface area (Å²) >= 11 is 0. The van der Waals surface area contributed by atoms with Gasteiger partial charge in [-0.15, -0.1) is 0 Å². The predicted octanol–water partition coefficient (Wildman–Crippen LogP) is 1.26. The molecule has 0 amide bonds. The number of H-pyrrole nitrogens is 1. The number of rotatable bonds is 5. The van der Waals surface area contributed by atoms with E-state index >= 15 is 0 Å². The number of aryl methyl sites for hydroxylation is 1. The second-order valence-electron chi connectivity index (χ2n) is 4.32. The van der Waals surface area contributed by atoms with Crippen molar-refractivity contribution in [3.05, 3.63) is 47.3 Å². The third kappa shape index (κ3) is 3.23. The SMILES string of the molecule is Cc1[nH]ncc1CNS(=O)(=O)c1ccc(CC#N)cc1. The van der Waals surface area contributed by atoms with Gasteiger partial charge in [0.1, 0.15) is 0 Å². The van der Waals surface area contributed by atoms with Gasteiger partial charge in [0.05, 0.1) is 23.6 Å². The minimum Gasteiger partial charge on any atom is -0.283 e. The lowest BCUT2D eigenvalue weighted by atomic mass is 10.2. The number of hydrogen-bond acceptors (Lipinski definition) is 4. The van der Waals surface area contributed by atoms with Gasteiger partial charge >= 0.3 is 0 Å². The Morgan fingerprint density at radius 1 is 1.35 bits per heavy atom. The van der Waals surface area contributed by atoms with E-state index in [1.807, 2.05) is 13.0 Å². The maximum Gasteiger partial charge on any atom is 0.240 e. The second kappa shape index (κ2) is 5.86. The van der Waals surface area contributed by atoms with E-state index in [0.717, 1.165) is 16.8 Å². The first-order valence-electron chi connectivity index (χ1n) is 5.97. The summed E-state index contributed by atoms with van der Waals surface area (Å²) < 4.78 is 26.7. The van der Waals surface area contributed by atoms with Crippen molar-refractivity contribution in [1.82, 2.24) is 14.9 Å². The van der Waals surface area contributed by atoms with E-state index in [4.69, 9.17) is 5.26 Å². The lowest BCUT2D eigenvalue weighted by Crippen LogP contribution is -2.23. The van der Waals surface area contributed by atoms with Gasteiger partial charge in [0.15, 0.2) is 0 Å². The first-order valence-corrected chi connectivity index (χ1v) is 7.45. The number of nitrogens with one attached hydrogen (secondary N) is 2. The van der Waals surface area contributed by atoms with Crippen molar-refractivity contribution in [3.63, 3.8) is 0 Å². The maximum atomic E-state index is 12.1. The third-order valence-electron chi connectivity index (χ3n) is 2.90. The molecule has 1 aromatic carbocycles. The monoisotopic (exact) mass is 290 g/mol. The van der Waals surface area contributed by atoms with Gasteiger partial charge < -0.3 is 0 Å². The lowest BCUT2D eigenvalue weighted by Gasteiger charge is -2.06. The molecule has 0 radical (unpaired) electrons. The quantitative estimate of drug-likeness (QED) is 0.866. The molecular formula is C13H14N4O2S. The van der Waals surface area contributed by atoms with E-state index in [9.17, 15) is 8.42 Å². The van der Waals surface area contributed by atoms with Crippen LogP contribution in [0.3, 0.4) is 0 Å². The first kappa shape index (κ1) is 14.2. The molecule has 1 aromatic heterocycles. The predicted molar refractivity (Wildman–Crippen MR) is 73.1 cm³/mol. The molecule has 0 saturated carbocycles. The van der Waals surface area contributed by atoms with Gasteiger partial charge in [0.2, 0.25) is 10.0 Å². The van der Waals surface area contributed by atoms with Crippen LogP contribution in [0.5, 0.6) is 0 Å². The maximum absolute atomic E-state index is 12.1. The minimum atomic E-state index is -3.56. The van der Waals surface area contributed by atoms with Crippen LogP contribution >= 0.6 is 0 Å². The van der Waals surface area contributed by atoms with Crippen LogP contribution in [-0.2, 0) is 23.0 Å². The first-order chi connectivity index (χ1) is 9.53. The number of benzene rings is 1. The summed E-state index contributed by atoms with van der Waals surface area (Å²) in [4.78, 5) is 0.181. The average molecular weight is 290 g/mol. The summed E-state index contributed by atoms with van der Waals surface area (Å²) in [6, 6.07) is 8.29. The molecule has 0 fully saturated rings. The Morgan fingerprint density at radius 2 is 2.05 bits per heavy atom. The van der Waals surface area contributed by atoms with E-state index in [1.54, 1.807) is 18.3 Å². The number of nitriles is 1. The zero-order valence-electron chi connectivity index (χ0n) is 10.9. The highest BCUT2D eigenvalue weighted by Gasteiger charge is 2.14. The molecule has 0 bridgehead atoms. The molecule has 0 unspecified atom stereocenters. The third-order valence-corrected chi connectivity index (χ3v) is 4.32. The smallest absolute Gasteiger partial charge is 0.240 e. The van der Waals surface area contributed by atoms with Crippen LogP contribution in [0.2, 0.25) is 0 Å². The van der Waals surface area contributed by atoms with Crippen LogP contribution < -0.4 is 4.72 Å². The fourth-order valence-electron chi connectivity index (χ4n) is 1.69.